The predicted octanol–water partition coefficient (Wildman–Crippen LogP) is 2.92. The summed E-state index contributed by atoms with van der Waals surface area (Å²) in [6.45, 7) is 0.408. The van der Waals surface area contributed by atoms with Gasteiger partial charge in [0, 0.05) is 11.5 Å². The Hall–Kier alpha value is -2.26. The van der Waals surface area contributed by atoms with Crippen LogP contribution in [0.3, 0.4) is 0 Å². The summed E-state index contributed by atoms with van der Waals surface area (Å²) in [5.41, 5.74) is 9.11. The van der Waals surface area contributed by atoms with Crippen molar-refractivity contribution >= 4 is 12.4 Å². The number of aldehydes is 1. The fraction of sp³-hybridized carbons (Fsp3) is 0.182. The summed E-state index contributed by atoms with van der Waals surface area (Å²) >= 11 is 0. The van der Waals surface area contributed by atoms with Crippen molar-refractivity contribution < 1.29 is 9.90 Å². The summed E-state index contributed by atoms with van der Waals surface area (Å²) in [6, 6.07) is 4.79. The molecule has 5 heteroatoms. The molecule has 0 atom stereocenters. The minimum Gasteiger partial charge on any atom is -0.507 e. The van der Waals surface area contributed by atoms with Crippen molar-refractivity contribution in [3.8, 4) is 5.75 Å². The van der Waals surface area contributed by atoms with Crippen LogP contribution in [0.5, 0.6) is 5.75 Å². The minimum atomic E-state index is -0.0350. The van der Waals surface area contributed by atoms with E-state index in [1.165, 1.54) is 6.07 Å². The molecule has 1 aromatic rings. The first-order chi connectivity index (χ1) is 7.77. The number of hydrogen-bond donors (Lipinski definition) is 1. The zero-order valence-electron chi connectivity index (χ0n) is 8.58. The van der Waals surface area contributed by atoms with Gasteiger partial charge in [0.05, 0.1) is 5.56 Å². The van der Waals surface area contributed by atoms with E-state index in [-0.39, 0.29) is 11.3 Å². The van der Waals surface area contributed by atoms with Gasteiger partial charge in [-0.05, 0) is 29.6 Å². The molecule has 0 saturated carbocycles. The van der Waals surface area contributed by atoms with Crippen molar-refractivity contribution in [2.75, 3.05) is 6.54 Å². The Morgan fingerprint density at radius 2 is 2.31 bits per heavy atom. The second kappa shape index (κ2) is 6.27. The van der Waals surface area contributed by atoms with E-state index in [9.17, 15) is 9.90 Å². The maximum atomic E-state index is 10.4. The fourth-order valence-corrected chi connectivity index (χ4v) is 1.16. The van der Waals surface area contributed by atoms with Crippen LogP contribution in [0.1, 0.15) is 22.3 Å². The molecule has 0 amide bonds. The monoisotopic (exact) mass is 217 g/mol. The molecule has 0 heterocycles. The van der Waals surface area contributed by atoms with E-state index in [1.54, 1.807) is 18.2 Å². The van der Waals surface area contributed by atoms with Gasteiger partial charge in [-0.2, -0.15) is 0 Å². The third-order valence-electron chi connectivity index (χ3n) is 1.95. The van der Waals surface area contributed by atoms with E-state index in [4.69, 9.17) is 5.53 Å². The van der Waals surface area contributed by atoms with Gasteiger partial charge in [-0.3, -0.25) is 4.79 Å². The van der Waals surface area contributed by atoms with Crippen molar-refractivity contribution in [3.05, 3.63) is 45.8 Å². The molecular weight excluding hydrogens is 206 g/mol. The molecule has 1 aromatic carbocycles. The van der Waals surface area contributed by atoms with Gasteiger partial charge in [-0.1, -0.05) is 23.3 Å². The average molecular weight is 217 g/mol. The Labute approximate surface area is 92.7 Å². The lowest BCUT2D eigenvalue weighted by atomic mass is 10.1. The maximum absolute atomic E-state index is 10.4. The Morgan fingerprint density at radius 3 is 2.94 bits per heavy atom. The van der Waals surface area contributed by atoms with Crippen LogP contribution in [-0.2, 0) is 0 Å². The van der Waals surface area contributed by atoms with Crippen molar-refractivity contribution in [2.24, 2.45) is 5.11 Å². The Kier molecular flexibility index (Phi) is 4.63. The van der Waals surface area contributed by atoms with Crippen LogP contribution in [0.2, 0.25) is 0 Å². The third-order valence-corrected chi connectivity index (χ3v) is 1.95. The molecule has 82 valence electrons. The molecule has 0 unspecified atom stereocenters. The van der Waals surface area contributed by atoms with E-state index < -0.39 is 0 Å². The highest BCUT2D eigenvalue weighted by atomic mass is 16.3. The normalized spacial score (nSPS) is 10.0. The second-order valence-corrected chi connectivity index (χ2v) is 3.08. The lowest BCUT2D eigenvalue weighted by Crippen LogP contribution is -1.82. The zero-order valence-corrected chi connectivity index (χ0v) is 8.58. The molecule has 0 radical (unpaired) electrons. The number of phenols is 1. The molecule has 5 nitrogen and oxygen atoms in total. The number of rotatable bonds is 5. The van der Waals surface area contributed by atoms with Crippen molar-refractivity contribution in [1.82, 2.24) is 0 Å². The molecule has 1 N–H and O–H groups in total. The number of aromatic hydroxyl groups is 1. The first-order valence-electron chi connectivity index (χ1n) is 4.73. The van der Waals surface area contributed by atoms with Gasteiger partial charge < -0.3 is 5.11 Å². The van der Waals surface area contributed by atoms with E-state index in [2.05, 4.69) is 10.0 Å². The standard InChI is InChI=1S/C11H11N3O2/c12-14-13-6-2-1-3-9-4-5-10(8-15)11(16)7-9/h1,3-5,7-8,16H,2,6H2. The Bertz CT molecular complexity index is 449. The minimum absolute atomic E-state index is 0.0350. The molecule has 0 fully saturated rings. The summed E-state index contributed by atoms with van der Waals surface area (Å²) in [5, 5.41) is 12.8. The summed E-state index contributed by atoms with van der Waals surface area (Å²) < 4.78 is 0. The highest BCUT2D eigenvalue weighted by Gasteiger charge is 1.98. The summed E-state index contributed by atoms with van der Waals surface area (Å²) in [7, 11) is 0. The van der Waals surface area contributed by atoms with Crippen molar-refractivity contribution in [1.29, 1.82) is 0 Å². The molecule has 0 saturated heterocycles. The molecule has 0 aliphatic rings. The molecular formula is C11H11N3O2. The summed E-state index contributed by atoms with van der Waals surface area (Å²) in [6.07, 6.45) is 4.87. The van der Waals surface area contributed by atoms with Gasteiger partial charge in [-0.25, -0.2) is 0 Å². The number of carbonyl (C=O) groups excluding carboxylic acids is 1. The first-order valence-corrected chi connectivity index (χ1v) is 4.73. The predicted molar refractivity (Wildman–Crippen MR) is 61.2 cm³/mol. The smallest absolute Gasteiger partial charge is 0.153 e. The van der Waals surface area contributed by atoms with Gasteiger partial charge in [0.25, 0.3) is 0 Å². The van der Waals surface area contributed by atoms with Gasteiger partial charge in [-0.15, -0.1) is 0 Å². The number of benzene rings is 1. The molecule has 16 heavy (non-hydrogen) atoms. The number of nitrogens with zero attached hydrogens (tertiary/aromatic N) is 3. The maximum Gasteiger partial charge on any atom is 0.153 e. The highest BCUT2D eigenvalue weighted by Crippen LogP contribution is 2.17. The third kappa shape index (κ3) is 3.48. The number of hydrogen-bond acceptors (Lipinski definition) is 3. The average Bonchev–Trinajstić information content (AvgIpc) is 2.29. The van der Waals surface area contributed by atoms with Crippen LogP contribution < -0.4 is 0 Å². The van der Waals surface area contributed by atoms with Crippen molar-refractivity contribution in [2.45, 2.75) is 6.42 Å². The van der Waals surface area contributed by atoms with E-state index in [1.807, 2.05) is 6.08 Å². The molecule has 0 spiro atoms. The number of azide groups is 1. The van der Waals surface area contributed by atoms with Crippen LogP contribution in [0.4, 0.5) is 0 Å². The Morgan fingerprint density at radius 1 is 1.50 bits per heavy atom. The van der Waals surface area contributed by atoms with E-state index >= 15 is 0 Å². The van der Waals surface area contributed by atoms with Gasteiger partial charge >= 0.3 is 0 Å². The quantitative estimate of drug-likeness (QED) is 0.270. The van der Waals surface area contributed by atoms with Crippen LogP contribution in [0.25, 0.3) is 16.5 Å². The van der Waals surface area contributed by atoms with E-state index in [0.717, 1.165) is 5.56 Å². The number of phenolic OH excluding ortho intramolecular Hbond substituents is 1. The van der Waals surface area contributed by atoms with Gasteiger partial charge in [0.2, 0.25) is 0 Å². The largest absolute Gasteiger partial charge is 0.507 e. The molecule has 0 aliphatic carbocycles. The van der Waals surface area contributed by atoms with E-state index in [0.29, 0.717) is 19.3 Å². The molecule has 0 aromatic heterocycles. The number of carbonyl (C=O) groups is 1. The SMILES string of the molecule is [N-]=[N+]=NCCC=Cc1ccc(C=O)c(O)c1. The summed E-state index contributed by atoms with van der Waals surface area (Å²) in [5.74, 6) is -0.0350. The molecule has 0 aliphatic heterocycles. The lowest BCUT2D eigenvalue weighted by molar-refractivity contribution is 0.112. The van der Waals surface area contributed by atoms with Crippen LogP contribution in [0.15, 0.2) is 29.4 Å². The lowest BCUT2D eigenvalue weighted by Gasteiger charge is -1.98. The fourth-order valence-electron chi connectivity index (χ4n) is 1.16. The molecule has 1 rings (SSSR count). The first kappa shape index (κ1) is 11.8. The van der Waals surface area contributed by atoms with Crippen LogP contribution >= 0.6 is 0 Å². The Balaban J connectivity index is 2.64. The van der Waals surface area contributed by atoms with Gasteiger partial charge in [0.15, 0.2) is 6.29 Å². The van der Waals surface area contributed by atoms with Crippen LogP contribution in [0, 0.1) is 0 Å². The molecule has 0 bridgehead atoms. The van der Waals surface area contributed by atoms with Crippen molar-refractivity contribution in [3.63, 3.8) is 0 Å². The highest BCUT2D eigenvalue weighted by molar-refractivity contribution is 5.79. The van der Waals surface area contributed by atoms with Crippen LogP contribution in [-0.4, -0.2) is 17.9 Å². The zero-order chi connectivity index (χ0) is 11.8. The van der Waals surface area contributed by atoms with Gasteiger partial charge in [0.1, 0.15) is 5.75 Å². The topological polar surface area (TPSA) is 86.1 Å². The second-order valence-electron chi connectivity index (χ2n) is 3.08. The summed E-state index contributed by atoms with van der Waals surface area (Å²) in [4.78, 5) is 13.1.